The second-order valence-corrected chi connectivity index (χ2v) is 9.32. The van der Waals surface area contributed by atoms with Crippen LogP contribution in [0.1, 0.15) is 74.6 Å². The predicted octanol–water partition coefficient (Wildman–Crippen LogP) is 4.51. The van der Waals surface area contributed by atoms with Gasteiger partial charge in [-0.3, -0.25) is 9.59 Å². The second kappa shape index (κ2) is 10.3. The maximum Gasteiger partial charge on any atom is 0.253 e. The minimum Gasteiger partial charge on any atom is -0.493 e. The van der Waals surface area contributed by atoms with Crippen molar-refractivity contribution in [2.75, 3.05) is 32.8 Å². The summed E-state index contributed by atoms with van der Waals surface area (Å²) in [4.78, 5) is 29.7. The van der Waals surface area contributed by atoms with Crippen molar-refractivity contribution in [3.63, 3.8) is 0 Å². The molecule has 1 aliphatic carbocycles. The van der Waals surface area contributed by atoms with Gasteiger partial charge in [-0.1, -0.05) is 25.3 Å². The minimum absolute atomic E-state index is 0.113. The summed E-state index contributed by atoms with van der Waals surface area (Å²) >= 11 is 0. The molecule has 2 aliphatic heterocycles. The number of likely N-dealkylation sites (tertiary alicyclic amines) is 2. The number of carbonyl (C=O) groups is 2. The van der Waals surface area contributed by atoms with Gasteiger partial charge in [-0.15, -0.1) is 0 Å². The molecule has 5 heteroatoms. The van der Waals surface area contributed by atoms with Crippen LogP contribution in [0.5, 0.6) is 5.75 Å². The highest BCUT2D eigenvalue weighted by Crippen LogP contribution is 2.28. The molecule has 0 N–H and O–H groups in total. The average molecular weight is 413 g/mol. The Hall–Kier alpha value is -2.04. The summed E-state index contributed by atoms with van der Waals surface area (Å²) in [5.41, 5.74) is 0.715. The Bertz CT molecular complexity index is 723. The van der Waals surface area contributed by atoms with Crippen LogP contribution in [0.15, 0.2) is 24.3 Å². The van der Waals surface area contributed by atoms with Gasteiger partial charge in [0.1, 0.15) is 5.75 Å². The first-order chi connectivity index (χ1) is 14.7. The van der Waals surface area contributed by atoms with Crippen LogP contribution in [0.25, 0.3) is 0 Å². The minimum atomic E-state index is 0.113. The lowest BCUT2D eigenvalue weighted by Crippen LogP contribution is -2.44. The van der Waals surface area contributed by atoms with Crippen LogP contribution in [-0.2, 0) is 4.79 Å². The van der Waals surface area contributed by atoms with Gasteiger partial charge in [0.2, 0.25) is 5.91 Å². The molecule has 1 saturated carbocycles. The predicted molar refractivity (Wildman–Crippen MR) is 118 cm³/mol. The zero-order valence-electron chi connectivity index (χ0n) is 18.2. The van der Waals surface area contributed by atoms with Crippen LogP contribution in [0.3, 0.4) is 0 Å². The number of carbonyl (C=O) groups excluding carboxylic acids is 2. The van der Waals surface area contributed by atoms with Crippen molar-refractivity contribution in [3.8, 4) is 5.75 Å². The molecule has 1 atom stereocenters. The molecular weight excluding hydrogens is 376 g/mol. The molecule has 2 saturated heterocycles. The van der Waals surface area contributed by atoms with Gasteiger partial charge in [-0.2, -0.15) is 0 Å². The SMILES string of the molecule is O=C(c1cccc(OC[C@H]2CCCN(C(=O)C3CCCCC3)C2)c1)N1CCCCC1. The average Bonchev–Trinajstić information content (AvgIpc) is 2.83. The van der Waals surface area contributed by atoms with Gasteiger partial charge in [-0.05, 0) is 63.1 Å². The highest BCUT2D eigenvalue weighted by atomic mass is 16.5. The number of hydrogen-bond donors (Lipinski definition) is 0. The molecule has 1 aromatic carbocycles. The summed E-state index contributed by atoms with van der Waals surface area (Å²) in [6.07, 6.45) is 11.4. The molecule has 3 aliphatic rings. The Morgan fingerprint density at radius 2 is 1.60 bits per heavy atom. The molecule has 0 bridgehead atoms. The van der Waals surface area contributed by atoms with Crippen molar-refractivity contribution in [3.05, 3.63) is 29.8 Å². The summed E-state index contributed by atoms with van der Waals surface area (Å²) in [6.45, 7) is 4.02. The monoisotopic (exact) mass is 412 g/mol. The molecule has 30 heavy (non-hydrogen) atoms. The number of amides is 2. The zero-order chi connectivity index (χ0) is 20.8. The third-order valence-electron chi connectivity index (χ3n) is 7.00. The second-order valence-electron chi connectivity index (χ2n) is 9.32. The highest BCUT2D eigenvalue weighted by molar-refractivity contribution is 5.94. The molecule has 0 aromatic heterocycles. The summed E-state index contributed by atoms with van der Waals surface area (Å²) in [5.74, 6) is 1.85. The number of ether oxygens (including phenoxy) is 1. The van der Waals surface area contributed by atoms with Gasteiger partial charge in [0.15, 0.2) is 0 Å². The summed E-state index contributed by atoms with van der Waals surface area (Å²) in [5, 5.41) is 0. The Balaban J connectivity index is 1.29. The van der Waals surface area contributed by atoms with Crippen LogP contribution in [0.2, 0.25) is 0 Å². The molecule has 2 amide bonds. The molecule has 3 fully saturated rings. The lowest BCUT2D eigenvalue weighted by atomic mass is 9.87. The van der Waals surface area contributed by atoms with Crippen LogP contribution < -0.4 is 4.74 Å². The van der Waals surface area contributed by atoms with Gasteiger partial charge in [0, 0.05) is 43.6 Å². The van der Waals surface area contributed by atoms with Gasteiger partial charge in [0.05, 0.1) is 6.61 Å². The van der Waals surface area contributed by atoms with E-state index in [4.69, 9.17) is 4.74 Å². The third kappa shape index (κ3) is 5.35. The van der Waals surface area contributed by atoms with Crippen molar-refractivity contribution in [2.45, 2.75) is 64.2 Å². The fraction of sp³-hybridized carbons (Fsp3) is 0.680. The van der Waals surface area contributed by atoms with Gasteiger partial charge in [0.25, 0.3) is 5.91 Å². The van der Waals surface area contributed by atoms with Crippen molar-refractivity contribution in [1.82, 2.24) is 9.80 Å². The number of rotatable bonds is 5. The summed E-state index contributed by atoms with van der Waals surface area (Å²) < 4.78 is 6.09. The Morgan fingerprint density at radius 3 is 2.40 bits per heavy atom. The topological polar surface area (TPSA) is 49.9 Å². The molecule has 0 spiro atoms. The van der Waals surface area contributed by atoms with Crippen LogP contribution in [-0.4, -0.2) is 54.4 Å². The van der Waals surface area contributed by atoms with E-state index >= 15 is 0 Å². The highest BCUT2D eigenvalue weighted by Gasteiger charge is 2.30. The fourth-order valence-corrected chi connectivity index (χ4v) is 5.22. The van der Waals surface area contributed by atoms with E-state index in [1.54, 1.807) is 0 Å². The number of benzene rings is 1. The van der Waals surface area contributed by atoms with E-state index in [0.717, 1.165) is 70.5 Å². The van der Waals surface area contributed by atoms with Gasteiger partial charge < -0.3 is 14.5 Å². The van der Waals surface area contributed by atoms with E-state index in [1.807, 2.05) is 29.2 Å². The number of piperidine rings is 2. The molecule has 164 valence electrons. The van der Waals surface area contributed by atoms with E-state index in [-0.39, 0.29) is 11.8 Å². The molecular formula is C25H36N2O3. The van der Waals surface area contributed by atoms with Gasteiger partial charge in [-0.25, -0.2) is 0 Å². The fourth-order valence-electron chi connectivity index (χ4n) is 5.22. The Labute approximate surface area is 180 Å². The molecule has 4 rings (SSSR count). The Morgan fingerprint density at radius 1 is 0.867 bits per heavy atom. The third-order valence-corrected chi connectivity index (χ3v) is 7.00. The van der Waals surface area contributed by atoms with Crippen molar-refractivity contribution in [1.29, 1.82) is 0 Å². The summed E-state index contributed by atoms with van der Waals surface area (Å²) in [7, 11) is 0. The van der Waals surface area contributed by atoms with E-state index in [1.165, 1.54) is 25.7 Å². The first kappa shape index (κ1) is 21.2. The van der Waals surface area contributed by atoms with E-state index < -0.39 is 0 Å². The molecule has 2 heterocycles. The largest absolute Gasteiger partial charge is 0.493 e. The molecule has 0 radical (unpaired) electrons. The zero-order valence-corrected chi connectivity index (χ0v) is 18.2. The molecule has 0 unspecified atom stereocenters. The maximum absolute atomic E-state index is 12.9. The van der Waals surface area contributed by atoms with Crippen molar-refractivity contribution >= 4 is 11.8 Å². The standard InChI is InChI=1S/C25H36N2O3/c28-24(21-10-3-1-4-11-21)27-16-8-9-20(18-27)19-30-23-13-7-12-22(17-23)25(29)26-14-5-2-6-15-26/h7,12-13,17,20-21H,1-6,8-11,14-16,18-19H2/t20-/m0/s1. The van der Waals surface area contributed by atoms with Crippen LogP contribution >= 0.6 is 0 Å². The first-order valence-corrected chi connectivity index (χ1v) is 12.0. The number of nitrogens with zero attached hydrogens (tertiary/aromatic N) is 2. The maximum atomic E-state index is 12.9. The van der Waals surface area contributed by atoms with E-state index in [0.29, 0.717) is 24.0 Å². The lowest BCUT2D eigenvalue weighted by Gasteiger charge is -2.35. The van der Waals surface area contributed by atoms with Gasteiger partial charge >= 0.3 is 0 Å². The quantitative estimate of drug-likeness (QED) is 0.715. The Kier molecular flexibility index (Phi) is 7.29. The smallest absolute Gasteiger partial charge is 0.253 e. The molecule has 1 aromatic rings. The van der Waals surface area contributed by atoms with Crippen LogP contribution in [0, 0.1) is 11.8 Å². The number of hydrogen-bond acceptors (Lipinski definition) is 3. The normalized spacial score (nSPS) is 23.3. The molecule has 5 nitrogen and oxygen atoms in total. The van der Waals surface area contributed by atoms with Crippen molar-refractivity contribution < 1.29 is 14.3 Å². The first-order valence-electron chi connectivity index (χ1n) is 12.0. The van der Waals surface area contributed by atoms with E-state index in [9.17, 15) is 9.59 Å². The van der Waals surface area contributed by atoms with E-state index in [2.05, 4.69) is 4.90 Å². The summed E-state index contributed by atoms with van der Waals surface area (Å²) in [6, 6.07) is 7.60. The van der Waals surface area contributed by atoms with Crippen molar-refractivity contribution in [2.24, 2.45) is 11.8 Å². The van der Waals surface area contributed by atoms with Crippen LogP contribution in [0.4, 0.5) is 0 Å². The lowest BCUT2D eigenvalue weighted by molar-refractivity contribution is -0.138.